The van der Waals surface area contributed by atoms with E-state index in [1.54, 1.807) is 0 Å². The number of benzene rings is 4. The molecule has 0 heterocycles. The molecule has 4 aromatic rings. The van der Waals surface area contributed by atoms with Gasteiger partial charge in [0, 0.05) is 0 Å². The van der Waals surface area contributed by atoms with Crippen LogP contribution in [0.25, 0.3) is 34.4 Å². The van der Waals surface area contributed by atoms with Gasteiger partial charge in [-0.1, -0.05) is 26.7 Å². The van der Waals surface area contributed by atoms with Crippen LogP contribution in [-0.4, -0.2) is 5.92 Å². The number of unbranched alkanes of at least 4 members (excludes halogenated alkanes) is 6. The molecule has 2 unspecified atom stereocenters. The molecule has 4 aromatic carbocycles. The number of fused-ring (bicyclic) bond motifs is 2. The molecule has 4 heteroatoms. The standard InChI is InChI=1S/2C24H29.C2H7Si.2ClH.Zr/c2*1-4-5-6-7-9-19-12-14-20(15-13-19)23-11-8-10-21-16-22(18(2)3)17-24(21)23;1-3-2;;;/h2*8,10-18H,4-7,9H2,1-3H3;3H,1-2H3;2*1H;/q;;;;;+2/p-2. The van der Waals surface area contributed by atoms with Crippen molar-refractivity contribution in [2.45, 2.75) is 126 Å². The van der Waals surface area contributed by atoms with Crippen molar-refractivity contribution in [3.05, 3.63) is 129 Å². The average Bonchev–Trinajstić information content (AvgIpc) is 3.78. The van der Waals surface area contributed by atoms with Gasteiger partial charge in [-0.2, -0.15) is 0 Å². The zero-order valence-electron chi connectivity index (χ0n) is 34.5. The van der Waals surface area contributed by atoms with E-state index in [0.29, 0.717) is 11.8 Å². The van der Waals surface area contributed by atoms with Gasteiger partial charge in [-0.25, -0.2) is 0 Å². The van der Waals surface area contributed by atoms with Gasteiger partial charge in [-0.15, -0.1) is 0 Å². The Kier molecular flexibility index (Phi) is 13.6. The Morgan fingerprint density at radius 3 is 1.26 bits per heavy atom. The van der Waals surface area contributed by atoms with Gasteiger partial charge >= 0.3 is 314 Å². The van der Waals surface area contributed by atoms with E-state index in [4.69, 9.17) is 17.0 Å². The molecule has 0 nitrogen and oxygen atoms in total. The van der Waals surface area contributed by atoms with Crippen LogP contribution in [-0.2, 0) is 28.4 Å². The number of halogens is 2. The summed E-state index contributed by atoms with van der Waals surface area (Å²) in [6.07, 6.45) is 17.7. The molecular formula is C50H65Cl2SiZr. The molecule has 2 atom stereocenters. The molecule has 0 amide bonds. The monoisotopic (exact) mass is 853 g/mol. The van der Waals surface area contributed by atoms with Gasteiger partial charge in [0.2, 0.25) is 0 Å². The molecule has 0 saturated carbocycles. The van der Waals surface area contributed by atoms with E-state index in [9.17, 15) is 0 Å². The maximum absolute atomic E-state index is 8.81. The Bertz CT molecular complexity index is 1830. The van der Waals surface area contributed by atoms with Gasteiger partial charge in [-0.3, -0.25) is 0 Å². The van der Waals surface area contributed by atoms with Crippen molar-refractivity contribution in [2.75, 3.05) is 0 Å². The molecule has 54 heavy (non-hydrogen) atoms. The Hall–Kier alpha value is -1.96. The SMILES string of the molecule is CCCCCCc1ccc(-c2cccc3c2C=C(C(C)C)[CH]3[Zr]([Cl])([Cl])([CH]2C(C(C)C)=Cc3c(-c4ccc(CCCCCC)cc4)cccc32)[SiH](C)C)cc1. The number of hydrogen-bond acceptors (Lipinski definition) is 0. The predicted octanol–water partition coefficient (Wildman–Crippen LogP) is 16.1. The second-order valence-electron chi connectivity index (χ2n) is 17.5. The van der Waals surface area contributed by atoms with E-state index in [1.807, 2.05) is 0 Å². The van der Waals surface area contributed by atoms with Crippen LogP contribution in [0.4, 0.5) is 0 Å². The topological polar surface area (TPSA) is 0 Å². The first-order valence-electron chi connectivity index (χ1n) is 21.3. The van der Waals surface area contributed by atoms with E-state index in [0.717, 1.165) is 12.8 Å². The second-order valence-corrected chi connectivity index (χ2v) is 60.0. The third-order valence-electron chi connectivity index (χ3n) is 12.9. The average molecular weight is 856 g/mol. The Balaban J connectivity index is 1.43. The third-order valence-corrected chi connectivity index (χ3v) is 64.6. The van der Waals surface area contributed by atoms with E-state index in [1.165, 1.54) is 118 Å². The fourth-order valence-electron chi connectivity index (χ4n) is 9.63. The molecule has 0 aromatic heterocycles. The van der Waals surface area contributed by atoms with Gasteiger partial charge in [0.1, 0.15) is 0 Å². The molecule has 0 N–H and O–H groups in total. The number of allylic oxidation sites excluding steroid dienone is 2. The minimum absolute atomic E-state index is 0.0861. The Labute approximate surface area is 337 Å². The van der Waals surface area contributed by atoms with E-state index >= 15 is 0 Å². The molecule has 2 aliphatic rings. The summed E-state index contributed by atoms with van der Waals surface area (Å²) in [5, 5.41) is 0. The molecular weight excluding hydrogens is 791 g/mol. The Morgan fingerprint density at radius 1 is 0.537 bits per heavy atom. The first-order chi connectivity index (χ1) is 25.9. The molecule has 0 radical (unpaired) electrons. The molecule has 0 aliphatic heterocycles. The van der Waals surface area contributed by atoms with Crippen LogP contribution < -0.4 is 0 Å². The molecule has 2 aliphatic carbocycles. The van der Waals surface area contributed by atoms with Crippen LogP contribution in [0.3, 0.4) is 0 Å². The van der Waals surface area contributed by atoms with Crippen molar-refractivity contribution in [1.82, 2.24) is 0 Å². The molecule has 287 valence electrons. The number of hydrogen-bond donors (Lipinski definition) is 0. The van der Waals surface area contributed by atoms with Crippen LogP contribution in [0.2, 0.25) is 13.1 Å². The van der Waals surface area contributed by atoms with E-state index in [-0.39, 0.29) is 7.25 Å². The summed E-state index contributed by atoms with van der Waals surface area (Å²) in [7, 11) is 17.6. The number of rotatable bonds is 17. The number of aryl methyl sites for hydroxylation is 2. The van der Waals surface area contributed by atoms with Crippen LogP contribution >= 0.6 is 17.0 Å². The molecule has 0 bridgehead atoms. The first kappa shape index (κ1) is 41.7. The van der Waals surface area contributed by atoms with Crippen molar-refractivity contribution in [1.29, 1.82) is 0 Å². The van der Waals surface area contributed by atoms with Gasteiger partial charge in [0.25, 0.3) is 0 Å². The zero-order chi connectivity index (χ0) is 38.6. The van der Waals surface area contributed by atoms with Crippen molar-refractivity contribution < 1.29 is 15.6 Å². The predicted molar refractivity (Wildman–Crippen MR) is 241 cm³/mol. The zero-order valence-corrected chi connectivity index (χ0v) is 39.6. The summed E-state index contributed by atoms with van der Waals surface area (Å²) in [5.41, 5.74) is 16.4. The maximum atomic E-state index is 8.81. The van der Waals surface area contributed by atoms with Gasteiger partial charge in [0.05, 0.1) is 0 Å². The van der Waals surface area contributed by atoms with Gasteiger partial charge < -0.3 is 0 Å². The van der Waals surface area contributed by atoms with Crippen LogP contribution in [0.1, 0.15) is 134 Å². The van der Waals surface area contributed by atoms with E-state index < -0.39 is 21.5 Å². The van der Waals surface area contributed by atoms with Crippen LogP contribution in [0, 0.1) is 11.8 Å². The van der Waals surface area contributed by atoms with Crippen LogP contribution in [0.5, 0.6) is 0 Å². The fraction of sp³-hybridized carbons (Fsp3) is 0.440. The molecule has 0 saturated heterocycles. The van der Waals surface area contributed by atoms with Gasteiger partial charge in [0.15, 0.2) is 0 Å². The summed E-state index contributed by atoms with van der Waals surface area (Å²) in [5.74, 6) is -0.975. The second kappa shape index (κ2) is 17.7. The summed E-state index contributed by atoms with van der Waals surface area (Å²) in [4.78, 5) is 0. The summed E-state index contributed by atoms with van der Waals surface area (Å²) in [6, 6.07) is 32.7. The molecule has 0 fully saturated rings. The Morgan fingerprint density at radius 2 is 0.926 bits per heavy atom. The van der Waals surface area contributed by atoms with Crippen molar-refractivity contribution in [3.8, 4) is 22.3 Å². The fourth-order valence-corrected chi connectivity index (χ4v) is 41.1. The summed E-state index contributed by atoms with van der Waals surface area (Å²) >= 11 is -4.91. The normalized spacial score (nSPS) is 17.5. The summed E-state index contributed by atoms with van der Waals surface area (Å²) < 4.78 is 0.172. The molecule has 6 rings (SSSR count). The van der Waals surface area contributed by atoms with Gasteiger partial charge in [-0.05, 0) is 0 Å². The van der Waals surface area contributed by atoms with Crippen LogP contribution in [0.15, 0.2) is 96.1 Å². The summed E-state index contributed by atoms with van der Waals surface area (Å²) in [6.45, 7) is 18.9. The van der Waals surface area contributed by atoms with Crippen molar-refractivity contribution in [3.63, 3.8) is 0 Å². The van der Waals surface area contributed by atoms with Crippen molar-refractivity contribution >= 4 is 35.1 Å². The third kappa shape index (κ3) is 8.08. The molecule has 0 spiro atoms. The minimum atomic E-state index is -4.91. The van der Waals surface area contributed by atoms with Crippen molar-refractivity contribution in [2.24, 2.45) is 11.8 Å². The van der Waals surface area contributed by atoms with E-state index in [2.05, 4.69) is 152 Å². The quantitative estimate of drug-likeness (QED) is 0.0733. The first-order valence-corrected chi connectivity index (χ1v) is 37.7.